The lowest BCUT2D eigenvalue weighted by atomic mass is 10.1. The molecular formula is C25H22N2O2. The summed E-state index contributed by atoms with van der Waals surface area (Å²) in [5.74, 6) is 2.27. The molecule has 0 N–H and O–H groups in total. The van der Waals surface area contributed by atoms with E-state index in [0.717, 1.165) is 41.2 Å². The van der Waals surface area contributed by atoms with E-state index in [1.165, 1.54) is 0 Å². The minimum absolute atomic E-state index is 0.619. The first kappa shape index (κ1) is 18.7. The second kappa shape index (κ2) is 9.51. The first-order valence-electron chi connectivity index (χ1n) is 9.69. The Morgan fingerprint density at radius 2 is 1.41 bits per heavy atom. The predicted octanol–water partition coefficient (Wildman–Crippen LogP) is 5.95. The Hall–Kier alpha value is -3.66. The first-order valence-corrected chi connectivity index (χ1v) is 9.69. The van der Waals surface area contributed by atoms with Crippen molar-refractivity contribution in [3.05, 3.63) is 103 Å². The van der Waals surface area contributed by atoms with Gasteiger partial charge in [0.25, 0.3) is 0 Å². The van der Waals surface area contributed by atoms with Gasteiger partial charge in [0.1, 0.15) is 11.5 Å². The van der Waals surface area contributed by atoms with Crippen LogP contribution < -0.4 is 9.47 Å². The highest BCUT2D eigenvalue weighted by Crippen LogP contribution is 2.26. The van der Waals surface area contributed by atoms with E-state index >= 15 is 0 Å². The maximum atomic E-state index is 5.84. The van der Waals surface area contributed by atoms with Gasteiger partial charge in [-0.15, -0.1) is 0 Å². The number of hydrogen-bond acceptors (Lipinski definition) is 4. The Bertz CT molecular complexity index is 1000. The summed E-state index contributed by atoms with van der Waals surface area (Å²) in [4.78, 5) is 8.74. The molecule has 144 valence electrons. The van der Waals surface area contributed by atoms with Gasteiger partial charge in [-0.25, -0.2) is 4.98 Å². The normalized spacial score (nSPS) is 10.5. The van der Waals surface area contributed by atoms with Crippen LogP contribution >= 0.6 is 0 Å². The molecule has 4 nitrogen and oxygen atoms in total. The number of aryl methyl sites for hydroxylation is 1. The summed E-state index contributed by atoms with van der Waals surface area (Å²) >= 11 is 0. The van der Waals surface area contributed by atoms with Crippen LogP contribution in [-0.4, -0.2) is 16.6 Å². The van der Waals surface area contributed by atoms with Gasteiger partial charge in [-0.1, -0.05) is 36.4 Å². The van der Waals surface area contributed by atoms with E-state index in [-0.39, 0.29) is 0 Å². The van der Waals surface area contributed by atoms with Gasteiger partial charge in [0.15, 0.2) is 0 Å². The lowest BCUT2D eigenvalue weighted by molar-refractivity contribution is 0.299. The maximum Gasteiger partial charge on any atom is 0.213 e. The molecule has 0 amide bonds. The van der Waals surface area contributed by atoms with Gasteiger partial charge in [-0.3, -0.25) is 4.98 Å². The summed E-state index contributed by atoms with van der Waals surface area (Å²) in [5.41, 5.74) is 3.20. The van der Waals surface area contributed by atoms with Crippen molar-refractivity contribution in [2.24, 2.45) is 0 Å². The standard InChI is InChI=1S/C25H22N2O2/c1-2-9-23(10-3-1)29-24-14-11-20(12-15-24)21-13-16-25(27-19-21)28-18-6-8-22-7-4-5-17-26-22/h1-5,7,9-17,19H,6,8,18H2. The van der Waals surface area contributed by atoms with Crippen LogP contribution in [0.25, 0.3) is 11.1 Å². The number of para-hydroxylation sites is 1. The van der Waals surface area contributed by atoms with Crippen molar-refractivity contribution in [3.63, 3.8) is 0 Å². The molecule has 0 atom stereocenters. The number of benzene rings is 2. The van der Waals surface area contributed by atoms with Crippen molar-refractivity contribution in [2.45, 2.75) is 12.8 Å². The molecule has 4 aromatic rings. The Kier molecular flexibility index (Phi) is 6.13. The van der Waals surface area contributed by atoms with E-state index < -0.39 is 0 Å². The fourth-order valence-electron chi connectivity index (χ4n) is 2.95. The van der Waals surface area contributed by atoms with Gasteiger partial charge in [0, 0.05) is 29.7 Å². The molecule has 0 bridgehead atoms. The minimum atomic E-state index is 0.619. The molecule has 4 rings (SSSR count). The molecule has 0 unspecified atom stereocenters. The van der Waals surface area contributed by atoms with Crippen molar-refractivity contribution in [1.82, 2.24) is 9.97 Å². The Labute approximate surface area is 170 Å². The topological polar surface area (TPSA) is 44.2 Å². The van der Waals surface area contributed by atoms with Crippen LogP contribution in [0.1, 0.15) is 12.1 Å². The molecule has 0 saturated heterocycles. The maximum absolute atomic E-state index is 5.84. The van der Waals surface area contributed by atoms with Crippen LogP contribution in [0.3, 0.4) is 0 Å². The van der Waals surface area contributed by atoms with Crippen molar-refractivity contribution in [3.8, 4) is 28.5 Å². The van der Waals surface area contributed by atoms with Crippen molar-refractivity contribution in [2.75, 3.05) is 6.61 Å². The average molecular weight is 382 g/mol. The van der Waals surface area contributed by atoms with E-state index in [2.05, 4.69) is 9.97 Å². The third-order valence-electron chi connectivity index (χ3n) is 4.46. The zero-order chi connectivity index (χ0) is 19.7. The SMILES string of the molecule is c1ccc(Oc2ccc(-c3ccc(OCCCc4ccccn4)nc3)cc2)cc1. The van der Waals surface area contributed by atoms with Crippen LogP contribution in [0, 0.1) is 0 Å². The van der Waals surface area contributed by atoms with Gasteiger partial charge in [0.05, 0.1) is 6.61 Å². The third kappa shape index (κ3) is 5.42. The Balaban J connectivity index is 1.29. The van der Waals surface area contributed by atoms with Crippen molar-refractivity contribution in [1.29, 1.82) is 0 Å². The number of aromatic nitrogens is 2. The van der Waals surface area contributed by atoms with Crippen LogP contribution in [0.2, 0.25) is 0 Å². The first-order chi connectivity index (χ1) is 14.4. The molecule has 2 aromatic heterocycles. The van der Waals surface area contributed by atoms with Gasteiger partial charge < -0.3 is 9.47 Å². The van der Waals surface area contributed by atoms with Crippen molar-refractivity contribution < 1.29 is 9.47 Å². The number of pyridine rings is 2. The lowest BCUT2D eigenvalue weighted by Crippen LogP contribution is -2.01. The fraction of sp³-hybridized carbons (Fsp3) is 0.120. The minimum Gasteiger partial charge on any atom is -0.478 e. The quantitative estimate of drug-likeness (QED) is 0.353. The highest BCUT2D eigenvalue weighted by Gasteiger charge is 2.02. The van der Waals surface area contributed by atoms with E-state index in [9.17, 15) is 0 Å². The molecule has 4 heteroatoms. The van der Waals surface area contributed by atoms with Crippen LogP contribution in [0.5, 0.6) is 17.4 Å². The van der Waals surface area contributed by atoms with E-state index in [1.54, 1.807) is 0 Å². The Morgan fingerprint density at radius 3 is 2.14 bits per heavy atom. The second-order valence-corrected chi connectivity index (χ2v) is 6.60. The van der Waals surface area contributed by atoms with Gasteiger partial charge in [-0.2, -0.15) is 0 Å². The number of ether oxygens (including phenoxy) is 2. The molecule has 0 spiro atoms. The van der Waals surface area contributed by atoms with Crippen LogP contribution in [0.4, 0.5) is 0 Å². The molecule has 0 aliphatic carbocycles. The average Bonchev–Trinajstić information content (AvgIpc) is 2.79. The predicted molar refractivity (Wildman–Crippen MR) is 114 cm³/mol. The second-order valence-electron chi connectivity index (χ2n) is 6.60. The molecule has 2 heterocycles. The monoisotopic (exact) mass is 382 g/mol. The highest BCUT2D eigenvalue weighted by atomic mass is 16.5. The number of hydrogen-bond donors (Lipinski definition) is 0. The summed E-state index contributed by atoms with van der Waals surface area (Å²) < 4.78 is 11.6. The molecule has 2 aromatic carbocycles. The smallest absolute Gasteiger partial charge is 0.213 e. The van der Waals surface area contributed by atoms with Crippen LogP contribution in [0.15, 0.2) is 97.3 Å². The molecule has 0 aliphatic heterocycles. The fourth-order valence-corrected chi connectivity index (χ4v) is 2.95. The molecule has 0 radical (unpaired) electrons. The van der Waals surface area contributed by atoms with Crippen LogP contribution in [-0.2, 0) is 6.42 Å². The molecule has 29 heavy (non-hydrogen) atoms. The lowest BCUT2D eigenvalue weighted by Gasteiger charge is -2.08. The third-order valence-corrected chi connectivity index (χ3v) is 4.46. The summed E-state index contributed by atoms with van der Waals surface area (Å²) in [5, 5.41) is 0. The number of rotatable bonds is 8. The molecule has 0 fully saturated rings. The summed E-state index contributed by atoms with van der Waals surface area (Å²) in [6.45, 7) is 0.619. The summed E-state index contributed by atoms with van der Waals surface area (Å²) in [7, 11) is 0. The van der Waals surface area contributed by atoms with E-state index in [4.69, 9.17) is 9.47 Å². The molecule has 0 aliphatic rings. The summed E-state index contributed by atoms with van der Waals surface area (Å²) in [6.07, 6.45) is 5.46. The van der Waals surface area contributed by atoms with Crippen molar-refractivity contribution >= 4 is 0 Å². The summed E-state index contributed by atoms with van der Waals surface area (Å²) in [6, 6.07) is 27.6. The zero-order valence-electron chi connectivity index (χ0n) is 16.1. The molecule has 0 saturated carbocycles. The highest BCUT2D eigenvalue weighted by molar-refractivity contribution is 5.63. The van der Waals surface area contributed by atoms with E-state index in [1.807, 2.05) is 97.3 Å². The zero-order valence-corrected chi connectivity index (χ0v) is 16.1. The van der Waals surface area contributed by atoms with Gasteiger partial charge >= 0.3 is 0 Å². The van der Waals surface area contributed by atoms with E-state index in [0.29, 0.717) is 12.5 Å². The molecular weight excluding hydrogens is 360 g/mol. The Morgan fingerprint density at radius 1 is 0.655 bits per heavy atom. The van der Waals surface area contributed by atoms with Gasteiger partial charge in [-0.05, 0) is 60.9 Å². The largest absolute Gasteiger partial charge is 0.478 e. The number of nitrogens with zero attached hydrogens (tertiary/aromatic N) is 2. The van der Waals surface area contributed by atoms with Gasteiger partial charge in [0.2, 0.25) is 5.88 Å².